The van der Waals surface area contributed by atoms with Gasteiger partial charge in [0, 0.05) is 41.7 Å². The second-order valence-electron chi connectivity index (χ2n) is 5.81. The molecule has 132 valence electrons. The molecule has 1 aromatic carbocycles. The van der Waals surface area contributed by atoms with Gasteiger partial charge in [-0.05, 0) is 47.0 Å². The predicted molar refractivity (Wildman–Crippen MR) is 96.2 cm³/mol. The molecule has 2 fully saturated rings. The molecule has 0 aromatic heterocycles. The van der Waals surface area contributed by atoms with Crippen molar-refractivity contribution in [3.8, 4) is 0 Å². The summed E-state index contributed by atoms with van der Waals surface area (Å²) < 4.78 is 33.8. The van der Waals surface area contributed by atoms with E-state index in [0.717, 1.165) is 12.8 Å². The number of ether oxygens (including phenoxy) is 1. The molecule has 1 aromatic rings. The number of nitrogens with zero attached hydrogens (tertiary/aromatic N) is 2. The average Bonchev–Trinajstić information content (AvgIpc) is 3.11. The molecule has 6 nitrogen and oxygen atoms in total. The van der Waals surface area contributed by atoms with E-state index in [1.54, 1.807) is 23.1 Å². The fourth-order valence-corrected chi connectivity index (χ4v) is 5.82. The van der Waals surface area contributed by atoms with Crippen LogP contribution in [0, 0.1) is 0 Å². The molecule has 0 spiro atoms. The van der Waals surface area contributed by atoms with E-state index in [-0.39, 0.29) is 16.9 Å². The number of hydrogen-bond donors (Lipinski definition) is 0. The van der Waals surface area contributed by atoms with Gasteiger partial charge in [0.05, 0.1) is 4.90 Å². The van der Waals surface area contributed by atoms with Gasteiger partial charge in [-0.3, -0.25) is 4.79 Å². The molecule has 1 unspecified atom stereocenters. The summed E-state index contributed by atoms with van der Waals surface area (Å²) >= 11 is 6.61. The third-order valence-electron chi connectivity index (χ3n) is 4.27. The van der Waals surface area contributed by atoms with Crippen LogP contribution in [0.3, 0.4) is 0 Å². The first kappa shape index (κ1) is 18.3. The molecule has 0 N–H and O–H groups in total. The third kappa shape index (κ3) is 3.70. The Morgan fingerprint density at radius 3 is 2.50 bits per heavy atom. The Morgan fingerprint density at radius 1 is 1.17 bits per heavy atom. The second-order valence-corrected chi connectivity index (χ2v) is 9.48. The topological polar surface area (TPSA) is 66.9 Å². The largest absolute Gasteiger partial charge is 0.368 e. The fraction of sp³-hybridized carbons (Fsp3) is 0.533. The Hall–Kier alpha value is -0.480. The van der Waals surface area contributed by atoms with E-state index in [2.05, 4.69) is 31.9 Å². The van der Waals surface area contributed by atoms with Crippen LogP contribution in [0.1, 0.15) is 12.8 Å². The van der Waals surface area contributed by atoms with E-state index in [0.29, 0.717) is 41.7 Å². The average molecular weight is 482 g/mol. The number of carbonyl (C=O) groups excluding carboxylic acids is 1. The molecule has 9 heteroatoms. The van der Waals surface area contributed by atoms with Gasteiger partial charge in [0.25, 0.3) is 5.91 Å². The molecule has 1 amide bonds. The highest BCUT2D eigenvalue weighted by Gasteiger charge is 2.34. The molecule has 2 aliphatic rings. The molecule has 24 heavy (non-hydrogen) atoms. The molecule has 1 atom stereocenters. The first-order valence-corrected chi connectivity index (χ1v) is 10.8. The Bertz CT molecular complexity index is 727. The summed E-state index contributed by atoms with van der Waals surface area (Å²) in [5.74, 6) is -0.0202. The first-order valence-electron chi connectivity index (χ1n) is 7.75. The van der Waals surface area contributed by atoms with Gasteiger partial charge in [-0.1, -0.05) is 15.9 Å². The van der Waals surface area contributed by atoms with Crippen LogP contribution >= 0.6 is 31.9 Å². The van der Waals surface area contributed by atoms with Gasteiger partial charge in [0.15, 0.2) is 0 Å². The summed E-state index contributed by atoms with van der Waals surface area (Å²) in [4.78, 5) is 14.3. The quantitative estimate of drug-likeness (QED) is 0.663. The van der Waals surface area contributed by atoms with E-state index in [1.165, 1.54) is 4.31 Å². The first-order chi connectivity index (χ1) is 11.4. The Kier molecular flexibility index (Phi) is 5.65. The third-order valence-corrected chi connectivity index (χ3v) is 7.65. The maximum absolute atomic E-state index is 12.8. The number of sulfonamides is 1. The SMILES string of the molecule is O=C(C1CCCO1)N1CCN(S(=O)(=O)c2cc(Br)ccc2Br)CC1. The van der Waals surface area contributed by atoms with Crippen LogP contribution in [-0.4, -0.2) is 62.4 Å². The summed E-state index contributed by atoms with van der Waals surface area (Å²) in [6, 6.07) is 5.07. The summed E-state index contributed by atoms with van der Waals surface area (Å²) in [5, 5.41) is 0. The minimum atomic E-state index is -3.60. The monoisotopic (exact) mass is 480 g/mol. The van der Waals surface area contributed by atoms with Gasteiger partial charge >= 0.3 is 0 Å². The van der Waals surface area contributed by atoms with Crippen LogP contribution < -0.4 is 0 Å². The number of benzene rings is 1. The second kappa shape index (κ2) is 7.41. The van der Waals surface area contributed by atoms with E-state index >= 15 is 0 Å². The zero-order valence-electron chi connectivity index (χ0n) is 13.0. The zero-order chi connectivity index (χ0) is 17.3. The number of halogens is 2. The summed E-state index contributed by atoms with van der Waals surface area (Å²) in [6.45, 7) is 1.99. The predicted octanol–water partition coefficient (Wildman–Crippen LogP) is 2.22. The fourth-order valence-electron chi connectivity index (χ4n) is 2.94. The zero-order valence-corrected chi connectivity index (χ0v) is 16.9. The lowest BCUT2D eigenvalue weighted by Crippen LogP contribution is -2.52. The van der Waals surface area contributed by atoms with Gasteiger partial charge in [0.2, 0.25) is 10.0 Å². The highest BCUT2D eigenvalue weighted by molar-refractivity contribution is 9.11. The Morgan fingerprint density at radius 2 is 1.88 bits per heavy atom. The van der Waals surface area contributed by atoms with E-state index in [9.17, 15) is 13.2 Å². The normalized spacial score (nSPS) is 22.8. The van der Waals surface area contributed by atoms with Crippen LogP contribution in [0.2, 0.25) is 0 Å². The van der Waals surface area contributed by atoms with Gasteiger partial charge in [0.1, 0.15) is 6.10 Å². The summed E-state index contributed by atoms with van der Waals surface area (Å²) in [7, 11) is -3.60. The van der Waals surface area contributed by atoms with Gasteiger partial charge in [-0.15, -0.1) is 0 Å². The lowest BCUT2D eigenvalue weighted by Gasteiger charge is -2.35. The molecule has 0 radical (unpaired) electrons. The van der Waals surface area contributed by atoms with Gasteiger partial charge < -0.3 is 9.64 Å². The maximum Gasteiger partial charge on any atom is 0.251 e. The minimum absolute atomic E-state index is 0.0202. The molecule has 2 heterocycles. The number of rotatable bonds is 3. The highest BCUT2D eigenvalue weighted by atomic mass is 79.9. The molecular weight excluding hydrogens is 464 g/mol. The smallest absolute Gasteiger partial charge is 0.251 e. The van der Waals surface area contributed by atoms with Crippen LogP contribution in [-0.2, 0) is 19.6 Å². The molecule has 0 aliphatic carbocycles. The van der Waals surface area contributed by atoms with Crippen molar-refractivity contribution in [3.63, 3.8) is 0 Å². The molecule has 2 saturated heterocycles. The molecule has 0 saturated carbocycles. The van der Waals surface area contributed by atoms with Crippen molar-refractivity contribution in [1.82, 2.24) is 9.21 Å². The molecular formula is C15H18Br2N2O4S. The van der Waals surface area contributed by atoms with Crippen molar-refractivity contribution in [2.75, 3.05) is 32.8 Å². The van der Waals surface area contributed by atoms with Crippen LogP contribution in [0.4, 0.5) is 0 Å². The Labute approximate surface area is 158 Å². The van der Waals surface area contributed by atoms with E-state index < -0.39 is 10.0 Å². The van der Waals surface area contributed by atoms with Crippen molar-refractivity contribution >= 4 is 47.8 Å². The van der Waals surface area contributed by atoms with Crippen molar-refractivity contribution < 1.29 is 17.9 Å². The van der Waals surface area contributed by atoms with E-state index in [1.807, 2.05) is 0 Å². The lowest BCUT2D eigenvalue weighted by molar-refractivity contribution is -0.142. The number of amides is 1. The maximum atomic E-state index is 12.8. The lowest BCUT2D eigenvalue weighted by atomic mass is 10.2. The molecule has 3 rings (SSSR count). The van der Waals surface area contributed by atoms with Crippen molar-refractivity contribution in [3.05, 3.63) is 27.1 Å². The number of hydrogen-bond acceptors (Lipinski definition) is 4. The molecule has 0 bridgehead atoms. The van der Waals surface area contributed by atoms with Gasteiger partial charge in [-0.2, -0.15) is 4.31 Å². The van der Waals surface area contributed by atoms with Gasteiger partial charge in [-0.25, -0.2) is 8.42 Å². The van der Waals surface area contributed by atoms with Crippen molar-refractivity contribution in [1.29, 1.82) is 0 Å². The standard InChI is InChI=1S/C15H18Br2N2O4S/c16-11-3-4-12(17)14(10-11)24(21,22)19-7-5-18(6-8-19)15(20)13-2-1-9-23-13/h3-4,10,13H,1-2,5-9H2. The summed E-state index contributed by atoms with van der Waals surface area (Å²) in [6.07, 6.45) is 1.30. The number of carbonyl (C=O) groups is 1. The van der Waals surface area contributed by atoms with Crippen LogP contribution in [0.15, 0.2) is 32.0 Å². The molecule has 2 aliphatic heterocycles. The van der Waals surface area contributed by atoms with Crippen molar-refractivity contribution in [2.24, 2.45) is 0 Å². The van der Waals surface area contributed by atoms with Crippen molar-refractivity contribution in [2.45, 2.75) is 23.8 Å². The summed E-state index contributed by atoms with van der Waals surface area (Å²) in [5.41, 5.74) is 0. The Balaban J connectivity index is 1.69. The van der Waals surface area contributed by atoms with E-state index in [4.69, 9.17) is 4.74 Å². The minimum Gasteiger partial charge on any atom is -0.368 e. The highest BCUT2D eigenvalue weighted by Crippen LogP contribution is 2.29. The number of piperazine rings is 1. The van der Waals surface area contributed by atoms with Crippen LogP contribution in [0.25, 0.3) is 0 Å². The van der Waals surface area contributed by atoms with Crippen LogP contribution in [0.5, 0.6) is 0 Å².